The summed E-state index contributed by atoms with van der Waals surface area (Å²) >= 11 is 0. The van der Waals surface area contributed by atoms with Crippen LogP contribution in [-0.4, -0.2) is 46.2 Å². The number of rotatable bonds is 6. The van der Waals surface area contributed by atoms with Crippen LogP contribution in [0.4, 0.5) is 0 Å². The van der Waals surface area contributed by atoms with E-state index in [0.717, 1.165) is 6.42 Å². The second-order valence-electron chi connectivity index (χ2n) is 3.74. The summed E-state index contributed by atoms with van der Waals surface area (Å²) in [5.74, 6) is 0.0235. The first-order chi connectivity index (χ1) is 7.18. The lowest BCUT2D eigenvalue weighted by molar-refractivity contribution is -0.165. The van der Waals surface area contributed by atoms with Gasteiger partial charge in [0.25, 0.3) is 0 Å². The van der Waals surface area contributed by atoms with E-state index in [1.165, 1.54) is 0 Å². The molecule has 0 aromatic heterocycles. The maximum atomic E-state index is 11.8. The number of nitrogens with one attached hydrogen (secondary N) is 1. The molecule has 0 aromatic rings. The molecular weight excluding hydrogens is 198 g/mol. The van der Waals surface area contributed by atoms with Gasteiger partial charge >= 0.3 is 0 Å². The van der Waals surface area contributed by atoms with Crippen LogP contribution in [0.3, 0.4) is 0 Å². The lowest BCUT2D eigenvalue weighted by atomic mass is 9.82. The number of ether oxygens (including phenoxy) is 3. The second-order valence-corrected chi connectivity index (χ2v) is 3.74. The summed E-state index contributed by atoms with van der Waals surface area (Å²) in [4.78, 5) is 11.8. The number of carbonyl (C=O) groups is 1. The smallest absolute Gasteiger partial charge is 0.231 e. The molecule has 15 heavy (non-hydrogen) atoms. The Balaban J connectivity index is 2.35. The minimum Gasteiger partial charge on any atom is -0.379 e. The average Bonchev–Trinajstić information content (AvgIpc) is 2.18. The first-order valence-corrected chi connectivity index (χ1v) is 5.10. The third-order valence-electron chi connectivity index (χ3n) is 2.87. The van der Waals surface area contributed by atoms with Crippen molar-refractivity contribution in [3.63, 3.8) is 0 Å². The fourth-order valence-electron chi connectivity index (χ4n) is 1.47. The SMILES string of the molecule is CCC1(C(=O)NCC(OC)OC)COC1. The molecule has 5 nitrogen and oxygen atoms in total. The van der Waals surface area contributed by atoms with Gasteiger partial charge in [0, 0.05) is 14.2 Å². The van der Waals surface area contributed by atoms with Crippen LogP contribution in [0.1, 0.15) is 13.3 Å². The molecule has 0 atom stereocenters. The Bertz CT molecular complexity index is 206. The highest BCUT2D eigenvalue weighted by Gasteiger charge is 2.44. The summed E-state index contributed by atoms with van der Waals surface area (Å²) in [5.41, 5.74) is -0.327. The van der Waals surface area contributed by atoms with Crippen molar-refractivity contribution < 1.29 is 19.0 Å². The van der Waals surface area contributed by atoms with Crippen LogP contribution in [0.15, 0.2) is 0 Å². The Labute approximate surface area is 90.1 Å². The summed E-state index contributed by atoms with van der Waals surface area (Å²) < 4.78 is 15.0. The average molecular weight is 217 g/mol. The molecule has 0 radical (unpaired) electrons. The molecule has 1 aliphatic rings. The van der Waals surface area contributed by atoms with E-state index < -0.39 is 0 Å². The molecule has 0 bridgehead atoms. The topological polar surface area (TPSA) is 56.8 Å². The Morgan fingerprint density at radius 3 is 2.40 bits per heavy atom. The molecule has 0 unspecified atom stereocenters. The van der Waals surface area contributed by atoms with Crippen molar-refractivity contribution in [2.24, 2.45) is 5.41 Å². The molecule has 0 saturated carbocycles. The van der Waals surface area contributed by atoms with E-state index in [0.29, 0.717) is 19.8 Å². The van der Waals surface area contributed by atoms with Crippen LogP contribution in [0.25, 0.3) is 0 Å². The largest absolute Gasteiger partial charge is 0.379 e. The maximum Gasteiger partial charge on any atom is 0.231 e. The van der Waals surface area contributed by atoms with Crippen molar-refractivity contribution in [2.75, 3.05) is 34.0 Å². The van der Waals surface area contributed by atoms with Crippen LogP contribution >= 0.6 is 0 Å². The third-order valence-corrected chi connectivity index (χ3v) is 2.87. The van der Waals surface area contributed by atoms with Crippen molar-refractivity contribution >= 4 is 5.91 Å². The van der Waals surface area contributed by atoms with Crippen molar-refractivity contribution in [3.05, 3.63) is 0 Å². The quantitative estimate of drug-likeness (QED) is 0.643. The number of hydrogen-bond acceptors (Lipinski definition) is 4. The zero-order valence-electron chi connectivity index (χ0n) is 9.54. The van der Waals surface area contributed by atoms with Gasteiger partial charge in [-0.15, -0.1) is 0 Å². The number of carbonyl (C=O) groups excluding carboxylic acids is 1. The van der Waals surface area contributed by atoms with E-state index in [2.05, 4.69) is 5.32 Å². The Morgan fingerprint density at radius 2 is 2.07 bits per heavy atom. The summed E-state index contributed by atoms with van der Waals surface area (Å²) in [7, 11) is 3.09. The minimum absolute atomic E-state index is 0.0235. The summed E-state index contributed by atoms with van der Waals surface area (Å²) in [6.45, 7) is 3.39. The summed E-state index contributed by atoms with van der Waals surface area (Å²) in [5, 5.41) is 2.81. The van der Waals surface area contributed by atoms with E-state index in [1.54, 1.807) is 14.2 Å². The van der Waals surface area contributed by atoms with E-state index in [4.69, 9.17) is 14.2 Å². The van der Waals surface area contributed by atoms with Crippen molar-refractivity contribution in [3.8, 4) is 0 Å². The molecular formula is C10H19NO4. The van der Waals surface area contributed by atoms with Crippen molar-refractivity contribution in [1.29, 1.82) is 0 Å². The molecule has 0 spiro atoms. The molecule has 0 aromatic carbocycles. The predicted molar refractivity (Wildman–Crippen MR) is 54.4 cm³/mol. The number of methoxy groups -OCH3 is 2. The van der Waals surface area contributed by atoms with Gasteiger partial charge in [-0.1, -0.05) is 6.92 Å². The molecule has 5 heteroatoms. The van der Waals surface area contributed by atoms with Gasteiger partial charge in [-0.2, -0.15) is 0 Å². The van der Waals surface area contributed by atoms with Gasteiger partial charge in [0.2, 0.25) is 5.91 Å². The molecule has 88 valence electrons. The highest BCUT2D eigenvalue weighted by Crippen LogP contribution is 2.31. The van der Waals surface area contributed by atoms with Crippen LogP contribution in [0.5, 0.6) is 0 Å². The van der Waals surface area contributed by atoms with Gasteiger partial charge in [-0.3, -0.25) is 4.79 Å². The minimum atomic E-state index is -0.385. The molecule has 1 aliphatic heterocycles. The Hall–Kier alpha value is -0.650. The van der Waals surface area contributed by atoms with Gasteiger partial charge in [0.1, 0.15) is 0 Å². The van der Waals surface area contributed by atoms with Crippen LogP contribution in [0, 0.1) is 5.41 Å². The standard InChI is InChI=1S/C10H19NO4/c1-4-10(6-15-7-10)9(12)11-5-8(13-2)14-3/h8H,4-7H2,1-3H3,(H,11,12). The normalized spacial score (nSPS) is 18.7. The molecule has 1 heterocycles. The van der Waals surface area contributed by atoms with E-state index in [9.17, 15) is 4.79 Å². The molecule has 1 rings (SSSR count). The molecule has 1 N–H and O–H groups in total. The second kappa shape index (κ2) is 5.44. The van der Waals surface area contributed by atoms with E-state index >= 15 is 0 Å². The summed E-state index contributed by atoms with van der Waals surface area (Å²) in [6, 6.07) is 0. The zero-order valence-corrected chi connectivity index (χ0v) is 9.54. The molecule has 1 fully saturated rings. The monoisotopic (exact) mass is 217 g/mol. The fraction of sp³-hybridized carbons (Fsp3) is 0.900. The van der Waals surface area contributed by atoms with Crippen LogP contribution in [0.2, 0.25) is 0 Å². The molecule has 1 amide bonds. The highest BCUT2D eigenvalue weighted by molar-refractivity contribution is 5.83. The van der Waals surface area contributed by atoms with Gasteiger partial charge in [0.15, 0.2) is 6.29 Å². The molecule has 1 saturated heterocycles. The maximum absolute atomic E-state index is 11.8. The molecule has 0 aliphatic carbocycles. The van der Waals surface area contributed by atoms with Crippen molar-refractivity contribution in [2.45, 2.75) is 19.6 Å². The Kier molecular flexibility index (Phi) is 4.50. The Morgan fingerprint density at radius 1 is 1.47 bits per heavy atom. The van der Waals surface area contributed by atoms with Gasteiger partial charge in [0.05, 0.1) is 25.2 Å². The van der Waals surface area contributed by atoms with Gasteiger partial charge in [-0.25, -0.2) is 0 Å². The first kappa shape index (κ1) is 12.4. The van der Waals surface area contributed by atoms with Crippen LogP contribution < -0.4 is 5.32 Å². The lowest BCUT2D eigenvalue weighted by Gasteiger charge is -2.39. The first-order valence-electron chi connectivity index (χ1n) is 5.10. The third kappa shape index (κ3) is 2.68. The van der Waals surface area contributed by atoms with E-state index in [-0.39, 0.29) is 17.6 Å². The highest BCUT2D eigenvalue weighted by atomic mass is 16.7. The van der Waals surface area contributed by atoms with Gasteiger partial charge < -0.3 is 19.5 Å². The predicted octanol–water partition coefficient (Wildman–Crippen LogP) is 0.148. The van der Waals surface area contributed by atoms with Crippen LogP contribution in [-0.2, 0) is 19.0 Å². The van der Waals surface area contributed by atoms with Crippen molar-refractivity contribution in [1.82, 2.24) is 5.32 Å². The number of amides is 1. The zero-order chi connectivity index (χ0) is 11.3. The summed E-state index contributed by atoms with van der Waals surface area (Å²) in [6.07, 6.45) is 0.410. The number of hydrogen-bond donors (Lipinski definition) is 1. The van der Waals surface area contributed by atoms with E-state index in [1.807, 2.05) is 6.92 Å². The lowest BCUT2D eigenvalue weighted by Crippen LogP contribution is -2.54. The van der Waals surface area contributed by atoms with Gasteiger partial charge in [-0.05, 0) is 6.42 Å². The fourth-order valence-corrected chi connectivity index (χ4v) is 1.47.